The van der Waals surface area contributed by atoms with Crippen molar-refractivity contribution in [1.29, 1.82) is 0 Å². The van der Waals surface area contributed by atoms with Crippen molar-refractivity contribution in [2.45, 2.75) is 9.92 Å². The van der Waals surface area contributed by atoms with Crippen molar-refractivity contribution < 1.29 is 4.63 Å². The van der Waals surface area contributed by atoms with Gasteiger partial charge in [0.1, 0.15) is 0 Å². The molecule has 4 rings (SSSR count). The summed E-state index contributed by atoms with van der Waals surface area (Å²) in [6.45, 7) is 0. The minimum absolute atomic E-state index is 0.572. The largest absolute Gasteiger partial charge is 0.397 e. The molecule has 2 aromatic heterocycles. The van der Waals surface area contributed by atoms with Gasteiger partial charge in [-0.25, -0.2) is 4.63 Å². The van der Waals surface area contributed by atoms with Crippen LogP contribution in [0.1, 0.15) is 0 Å². The standard InChI is InChI=1S/C14H10N4OS/c15-9-5-6-11(14-13(9)17-19-18-14)20-12-7-8-3-1-2-4-10(8)16-12/h1-7,16H,15H2. The van der Waals surface area contributed by atoms with E-state index in [-0.39, 0.29) is 0 Å². The summed E-state index contributed by atoms with van der Waals surface area (Å²) in [4.78, 5) is 4.33. The molecule has 0 fully saturated rings. The van der Waals surface area contributed by atoms with E-state index in [0.29, 0.717) is 16.7 Å². The second kappa shape index (κ2) is 4.28. The molecule has 20 heavy (non-hydrogen) atoms. The lowest BCUT2D eigenvalue weighted by Gasteiger charge is -2.00. The average Bonchev–Trinajstić information content (AvgIpc) is 3.08. The van der Waals surface area contributed by atoms with E-state index in [4.69, 9.17) is 10.4 Å². The first-order valence-corrected chi connectivity index (χ1v) is 6.89. The molecule has 2 heterocycles. The average molecular weight is 282 g/mol. The van der Waals surface area contributed by atoms with Gasteiger partial charge in [0.05, 0.1) is 10.7 Å². The maximum absolute atomic E-state index is 5.84. The molecule has 0 aliphatic carbocycles. The zero-order valence-corrected chi connectivity index (χ0v) is 11.1. The number of benzene rings is 2. The van der Waals surface area contributed by atoms with Gasteiger partial charge in [-0.2, -0.15) is 0 Å². The SMILES string of the molecule is Nc1ccc(Sc2cc3ccccc3[nH]2)c2nonc12. The van der Waals surface area contributed by atoms with E-state index in [1.807, 2.05) is 24.3 Å². The number of H-pyrrole nitrogens is 1. The summed E-state index contributed by atoms with van der Waals surface area (Å²) in [5, 5.41) is 9.98. The number of hydrogen-bond acceptors (Lipinski definition) is 5. The summed E-state index contributed by atoms with van der Waals surface area (Å²) in [6.07, 6.45) is 0. The first kappa shape index (κ1) is 11.4. The van der Waals surface area contributed by atoms with Crippen LogP contribution >= 0.6 is 11.8 Å². The Balaban J connectivity index is 1.80. The third-order valence-electron chi connectivity index (χ3n) is 3.13. The van der Waals surface area contributed by atoms with Crippen LogP contribution in [-0.4, -0.2) is 15.3 Å². The molecular formula is C14H10N4OS. The monoisotopic (exact) mass is 282 g/mol. The normalized spacial score (nSPS) is 11.4. The molecule has 4 aromatic rings. The van der Waals surface area contributed by atoms with Crippen molar-refractivity contribution in [2.75, 3.05) is 5.73 Å². The Morgan fingerprint density at radius 1 is 1.05 bits per heavy atom. The number of anilines is 1. The number of rotatable bonds is 2. The molecule has 0 saturated carbocycles. The lowest BCUT2D eigenvalue weighted by Crippen LogP contribution is -1.87. The predicted molar refractivity (Wildman–Crippen MR) is 78.6 cm³/mol. The van der Waals surface area contributed by atoms with Crippen molar-refractivity contribution in [2.24, 2.45) is 0 Å². The van der Waals surface area contributed by atoms with Crippen molar-refractivity contribution in [3.63, 3.8) is 0 Å². The Labute approximate surface area is 118 Å². The van der Waals surface area contributed by atoms with E-state index in [9.17, 15) is 0 Å². The van der Waals surface area contributed by atoms with E-state index >= 15 is 0 Å². The highest BCUT2D eigenvalue weighted by atomic mass is 32.2. The highest BCUT2D eigenvalue weighted by Gasteiger charge is 2.12. The third kappa shape index (κ3) is 1.73. The number of fused-ring (bicyclic) bond motifs is 2. The summed E-state index contributed by atoms with van der Waals surface area (Å²) in [6, 6.07) is 14.0. The van der Waals surface area contributed by atoms with Crippen molar-refractivity contribution in [3.05, 3.63) is 42.5 Å². The molecule has 0 amide bonds. The quantitative estimate of drug-likeness (QED) is 0.550. The van der Waals surface area contributed by atoms with Crippen LogP contribution < -0.4 is 5.73 Å². The summed E-state index contributed by atoms with van der Waals surface area (Å²) in [5.74, 6) is 0. The lowest BCUT2D eigenvalue weighted by atomic mass is 10.3. The molecule has 0 radical (unpaired) electrons. The number of nitrogens with two attached hydrogens (primary N) is 1. The molecule has 98 valence electrons. The molecule has 0 atom stereocenters. The van der Waals surface area contributed by atoms with Crippen LogP contribution in [0.15, 0.2) is 57.0 Å². The summed E-state index contributed by atoms with van der Waals surface area (Å²) < 4.78 is 4.78. The minimum Gasteiger partial charge on any atom is -0.397 e. The van der Waals surface area contributed by atoms with Gasteiger partial charge >= 0.3 is 0 Å². The molecule has 3 N–H and O–H groups in total. The molecule has 0 aliphatic rings. The molecule has 0 aliphatic heterocycles. The van der Waals surface area contributed by atoms with Gasteiger partial charge in [0.2, 0.25) is 0 Å². The molecule has 0 saturated heterocycles. The first-order valence-electron chi connectivity index (χ1n) is 6.07. The fraction of sp³-hybridized carbons (Fsp3) is 0. The Morgan fingerprint density at radius 3 is 2.80 bits per heavy atom. The highest BCUT2D eigenvalue weighted by molar-refractivity contribution is 7.99. The van der Waals surface area contributed by atoms with Crippen LogP contribution in [0, 0.1) is 0 Å². The molecule has 6 heteroatoms. The Morgan fingerprint density at radius 2 is 1.90 bits per heavy atom. The number of hydrogen-bond donors (Lipinski definition) is 2. The van der Waals surface area contributed by atoms with Crippen LogP contribution in [0.5, 0.6) is 0 Å². The molecule has 0 bridgehead atoms. The van der Waals surface area contributed by atoms with E-state index in [1.165, 1.54) is 5.39 Å². The van der Waals surface area contributed by atoms with Gasteiger partial charge in [-0.05, 0) is 34.6 Å². The van der Waals surface area contributed by atoms with Crippen molar-refractivity contribution in [3.8, 4) is 0 Å². The number of aromatic nitrogens is 3. The Hall–Kier alpha value is -2.47. The topological polar surface area (TPSA) is 80.7 Å². The maximum atomic E-state index is 5.84. The van der Waals surface area contributed by atoms with Crippen LogP contribution in [0.3, 0.4) is 0 Å². The maximum Gasteiger partial charge on any atom is 0.159 e. The smallest absolute Gasteiger partial charge is 0.159 e. The zero-order valence-electron chi connectivity index (χ0n) is 10.3. The van der Waals surface area contributed by atoms with E-state index in [2.05, 4.69) is 33.5 Å². The van der Waals surface area contributed by atoms with Crippen molar-refractivity contribution in [1.82, 2.24) is 15.3 Å². The number of nitrogen functional groups attached to an aromatic ring is 1. The van der Waals surface area contributed by atoms with Gasteiger partial charge in [0, 0.05) is 15.8 Å². The van der Waals surface area contributed by atoms with Gasteiger partial charge in [-0.15, -0.1) is 0 Å². The van der Waals surface area contributed by atoms with Crippen LogP contribution in [-0.2, 0) is 0 Å². The molecule has 0 unspecified atom stereocenters. The number of nitrogens with zero attached hydrogens (tertiary/aromatic N) is 2. The second-order valence-electron chi connectivity index (χ2n) is 4.44. The Bertz CT molecular complexity index is 879. The summed E-state index contributed by atoms with van der Waals surface area (Å²) in [7, 11) is 0. The fourth-order valence-electron chi connectivity index (χ4n) is 2.17. The number of aromatic amines is 1. The van der Waals surface area contributed by atoms with Gasteiger partial charge < -0.3 is 10.7 Å². The second-order valence-corrected chi connectivity index (χ2v) is 5.52. The summed E-state index contributed by atoms with van der Waals surface area (Å²) in [5.41, 5.74) is 8.82. The zero-order chi connectivity index (χ0) is 13.5. The van der Waals surface area contributed by atoms with Gasteiger partial charge in [0.15, 0.2) is 11.0 Å². The Kier molecular flexibility index (Phi) is 2.43. The third-order valence-corrected chi connectivity index (χ3v) is 4.12. The minimum atomic E-state index is 0.572. The van der Waals surface area contributed by atoms with E-state index in [0.717, 1.165) is 15.4 Å². The number of nitrogens with one attached hydrogen (secondary N) is 1. The van der Waals surface area contributed by atoms with Crippen molar-refractivity contribution >= 4 is 39.4 Å². The van der Waals surface area contributed by atoms with Crippen LogP contribution in [0.25, 0.3) is 21.9 Å². The van der Waals surface area contributed by atoms with Crippen LogP contribution in [0.4, 0.5) is 5.69 Å². The highest BCUT2D eigenvalue weighted by Crippen LogP contribution is 2.35. The fourth-order valence-corrected chi connectivity index (χ4v) is 3.12. The predicted octanol–water partition coefficient (Wildman–Crippen LogP) is 3.44. The molecular weight excluding hydrogens is 272 g/mol. The molecule has 2 aromatic carbocycles. The van der Waals surface area contributed by atoms with Crippen LogP contribution in [0.2, 0.25) is 0 Å². The van der Waals surface area contributed by atoms with Gasteiger partial charge in [0.25, 0.3) is 0 Å². The van der Waals surface area contributed by atoms with E-state index < -0.39 is 0 Å². The lowest BCUT2D eigenvalue weighted by molar-refractivity contribution is 0.315. The van der Waals surface area contributed by atoms with Gasteiger partial charge in [-0.3, -0.25) is 0 Å². The van der Waals surface area contributed by atoms with E-state index in [1.54, 1.807) is 11.8 Å². The molecule has 5 nitrogen and oxygen atoms in total. The van der Waals surface area contributed by atoms with Gasteiger partial charge in [-0.1, -0.05) is 30.0 Å². The summed E-state index contributed by atoms with van der Waals surface area (Å²) >= 11 is 1.58. The molecule has 0 spiro atoms. The number of para-hydroxylation sites is 1. The first-order chi connectivity index (χ1) is 9.81.